The van der Waals surface area contributed by atoms with Gasteiger partial charge in [-0.1, -0.05) is 12.1 Å². The minimum Gasteiger partial charge on any atom is -0.494 e. The Labute approximate surface area is 202 Å². The van der Waals surface area contributed by atoms with Crippen LogP contribution in [0.4, 0.5) is 0 Å². The van der Waals surface area contributed by atoms with E-state index in [1.54, 1.807) is 41.0 Å². The van der Waals surface area contributed by atoms with Crippen LogP contribution in [0.1, 0.15) is 18.3 Å². The number of ether oxygens (including phenoxy) is 3. The fraction of sp³-hybridized carbons (Fsp3) is 0.273. The SMILES string of the molecule is CCOc1cccc(-c2nc3nc(CO)c(CN[SH](=O)=O)nc3n2-c2c(OC)cccc2OC)n1. The summed E-state index contributed by atoms with van der Waals surface area (Å²) in [5.41, 5.74) is 1.92. The van der Waals surface area contributed by atoms with Crippen LogP contribution in [-0.2, 0) is 24.0 Å². The van der Waals surface area contributed by atoms with Gasteiger partial charge in [0.05, 0.1) is 45.4 Å². The van der Waals surface area contributed by atoms with Gasteiger partial charge in [-0.2, -0.15) is 0 Å². The van der Waals surface area contributed by atoms with Gasteiger partial charge >= 0.3 is 0 Å². The lowest BCUT2D eigenvalue weighted by Crippen LogP contribution is -2.15. The predicted octanol–water partition coefficient (Wildman–Crippen LogP) is 1.40. The molecule has 0 radical (unpaired) electrons. The third-order valence-corrected chi connectivity index (χ3v) is 5.46. The van der Waals surface area contributed by atoms with Gasteiger partial charge in [0, 0.05) is 6.07 Å². The molecule has 0 saturated heterocycles. The fourth-order valence-corrected chi connectivity index (χ4v) is 3.85. The van der Waals surface area contributed by atoms with Crippen LogP contribution >= 0.6 is 0 Å². The molecule has 2 N–H and O–H groups in total. The van der Waals surface area contributed by atoms with Crippen LogP contribution in [-0.4, -0.2) is 58.9 Å². The van der Waals surface area contributed by atoms with E-state index in [-0.39, 0.29) is 23.6 Å². The Morgan fingerprint density at radius 2 is 1.69 bits per heavy atom. The largest absolute Gasteiger partial charge is 0.494 e. The van der Waals surface area contributed by atoms with E-state index in [4.69, 9.17) is 14.2 Å². The van der Waals surface area contributed by atoms with Crippen molar-refractivity contribution in [2.45, 2.75) is 20.1 Å². The molecule has 0 amide bonds. The molecule has 35 heavy (non-hydrogen) atoms. The van der Waals surface area contributed by atoms with Crippen molar-refractivity contribution in [3.05, 3.63) is 47.8 Å². The maximum absolute atomic E-state index is 11.1. The third-order valence-electron chi connectivity index (χ3n) is 5.05. The monoisotopic (exact) mass is 500 g/mol. The first-order valence-corrected chi connectivity index (χ1v) is 11.8. The van der Waals surface area contributed by atoms with Gasteiger partial charge < -0.3 is 19.3 Å². The van der Waals surface area contributed by atoms with Crippen molar-refractivity contribution >= 4 is 22.2 Å². The summed E-state index contributed by atoms with van der Waals surface area (Å²) >= 11 is 0. The zero-order chi connectivity index (χ0) is 24.9. The summed E-state index contributed by atoms with van der Waals surface area (Å²) in [5, 5.41) is 9.83. The summed E-state index contributed by atoms with van der Waals surface area (Å²) in [6.07, 6.45) is 0. The second-order valence-corrected chi connectivity index (χ2v) is 7.92. The van der Waals surface area contributed by atoms with E-state index in [1.165, 1.54) is 14.2 Å². The van der Waals surface area contributed by atoms with Gasteiger partial charge in [-0.25, -0.2) is 33.1 Å². The number of para-hydroxylation sites is 1. The summed E-state index contributed by atoms with van der Waals surface area (Å²) in [5.74, 6) is 1.73. The molecule has 0 unspecified atom stereocenters. The first kappa shape index (κ1) is 24.3. The number of nitrogens with one attached hydrogen (secondary N) is 1. The van der Waals surface area contributed by atoms with Gasteiger partial charge in [0.1, 0.15) is 22.9 Å². The number of aliphatic hydroxyl groups excluding tert-OH is 1. The first-order valence-electron chi connectivity index (χ1n) is 10.6. The number of thiol groups is 1. The van der Waals surface area contributed by atoms with E-state index in [9.17, 15) is 13.5 Å². The molecule has 3 heterocycles. The second kappa shape index (κ2) is 10.6. The summed E-state index contributed by atoms with van der Waals surface area (Å²) in [4.78, 5) is 18.3. The number of pyridine rings is 1. The molecule has 0 aliphatic heterocycles. The highest BCUT2D eigenvalue weighted by molar-refractivity contribution is 7.70. The topological polar surface area (TPSA) is 151 Å². The first-order chi connectivity index (χ1) is 17.0. The molecule has 3 aromatic heterocycles. The van der Waals surface area contributed by atoms with Crippen LogP contribution in [0.2, 0.25) is 0 Å². The van der Waals surface area contributed by atoms with Gasteiger partial charge in [0.25, 0.3) is 0 Å². The number of aromatic nitrogens is 5. The number of benzene rings is 1. The van der Waals surface area contributed by atoms with Crippen LogP contribution in [0, 0.1) is 0 Å². The summed E-state index contributed by atoms with van der Waals surface area (Å²) in [7, 11) is 0.181. The zero-order valence-electron chi connectivity index (χ0n) is 19.3. The molecule has 0 spiro atoms. The molecule has 0 aliphatic carbocycles. The summed E-state index contributed by atoms with van der Waals surface area (Å²) in [6.45, 7) is 1.69. The van der Waals surface area contributed by atoms with Crippen LogP contribution in [0.25, 0.3) is 28.5 Å². The molecule has 4 rings (SSSR count). The van der Waals surface area contributed by atoms with Gasteiger partial charge in [0.2, 0.25) is 16.8 Å². The van der Waals surface area contributed by atoms with Crippen molar-refractivity contribution in [2.75, 3.05) is 20.8 Å². The highest BCUT2D eigenvalue weighted by Crippen LogP contribution is 2.38. The number of fused-ring (bicyclic) bond motifs is 1. The Morgan fingerprint density at radius 3 is 2.31 bits per heavy atom. The Hall–Kier alpha value is -3.81. The molecule has 184 valence electrons. The van der Waals surface area contributed by atoms with Crippen molar-refractivity contribution in [2.24, 2.45) is 0 Å². The molecule has 0 atom stereocenters. The van der Waals surface area contributed by atoms with Crippen LogP contribution in [0.5, 0.6) is 17.4 Å². The minimum atomic E-state index is -2.88. The molecular weight excluding hydrogens is 476 g/mol. The maximum Gasteiger partial charge on any atom is 0.213 e. The molecule has 0 bridgehead atoms. The number of hydrogen-bond acceptors (Lipinski definition) is 10. The Bertz CT molecular complexity index is 1410. The number of aliphatic hydroxyl groups is 1. The minimum absolute atomic E-state index is 0.154. The van der Waals surface area contributed by atoms with Gasteiger partial charge in [-0.15, -0.1) is 0 Å². The maximum atomic E-state index is 11.1. The summed E-state index contributed by atoms with van der Waals surface area (Å²) < 4.78 is 43.0. The Kier molecular flexibility index (Phi) is 7.39. The number of nitrogens with zero attached hydrogens (tertiary/aromatic N) is 5. The van der Waals surface area contributed by atoms with Crippen molar-refractivity contribution in [1.29, 1.82) is 0 Å². The van der Waals surface area contributed by atoms with E-state index in [0.717, 1.165) is 0 Å². The van der Waals surface area contributed by atoms with E-state index in [2.05, 4.69) is 24.7 Å². The van der Waals surface area contributed by atoms with Crippen molar-refractivity contribution in [3.63, 3.8) is 0 Å². The lowest BCUT2D eigenvalue weighted by Gasteiger charge is -2.16. The molecule has 13 heteroatoms. The average Bonchev–Trinajstić information content (AvgIpc) is 3.24. The van der Waals surface area contributed by atoms with Crippen LogP contribution < -0.4 is 18.9 Å². The smallest absolute Gasteiger partial charge is 0.213 e. The van der Waals surface area contributed by atoms with Gasteiger partial charge in [-0.3, -0.25) is 4.57 Å². The van der Waals surface area contributed by atoms with Crippen LogP contribution in [0.15, 0.2) is 36.4 Å². The molecule has 0 aliphatic rings. The standard InChI is InChI=1S/C22H24N6O6S/c1-4-34-18-10-5-7-13(24-18)21-27-20-22(26-14(11-23-35(30)31)15(12-29)25-20)28(21)19-16(32-2)8-6-9-17(19)33-3/h5-10,29,35H,4,11-12H2,1-3H3,(H,23,30,31). The Morgan fingerprint density at radius 1 is 0.971 bits per heavy atom. The lowest BCUT2D eigenvalue weighted by atomic mass is 10.2. The number of methoxy groups -OCH3 is 2. The number of imidazole rings is 1. The van der Waals surface area contributed by atoms with Crippen molar-refractivity contribution < 1.29 is 27.7 Å². The summed E-state index contributed by atoms with van der Waals surface area (Å²) in [6, 6.07) is 10.6. The molecule has 1 aromatic carbocycles. The van der Waals surface area contributed by atoms with E-state index in [0.29, 0.717) is 46.8 Å². The highest BCUT2D eigenvalue weighted by atomic mass is 32.2. The van der Waals surface area contributed by atoms with E-state index >= 15 is 0 Å². The Balaban J connectivity index is 2.07. The van der Waals surface area contributed by atoms with Gasteiger partial charge in [-0.05, 0) is 25.1 Å². The van der Waals surface area contributed by atoms with Gasteiger partial charge in [0.15, 0.2) is 17.1 Å². The normalized spacial score (nSPS) is 11.2. The van der Waals surface area contributed by atoms with Crippen molar-refractivity contribution in [3.8, 4) is 34.6 Å². The second-order valence-electron chi connectivity index (χ2n) is 7.09. The van der Waals surface area contributed by atoms with Crippen LogP contribution in [0.3, 0.4) is 0 Å². The van der Waals surface area contributed by atoms with E-state index in [1.807, 2.05) is 6.92 Å². The average molecular weight is 501 g/mol. The lowest BCUT2D eigenvalue weighted by molar-refractivity contribution is 0.275. The van der Waals surface area contributed by atoms with E-state index < -0.39 is 17.5 Å². The number of rotatable bonds is 10. The fourth-order valence-electron chi connectivity index (χ4n) is 3.57. The molecule has 0 fully saturated rings. The third kappa shape index (κ3) is 4.87. The molecule has 4 aromatic rings. The molecule has 0 saturated carbocycles. The number of hydrogen-bond donors (Lipinski definition) is 3. The molecule has 12 nitrogen and oxygen atoms in total. The quantitative estimate of drug-likeness (QED) is 0.273. The molecular formula is C22H24N6O6S. The predicted molar refractivity (Wildman–Crippen MR) is 127 cm³/mol. The zero-order valence-corrected chi connectivity index (χ0v) is 20.2. The highest BCUT2D eigenvalue weighted by Gasteiger charge is 2.25. The van der Waals surface area contributed by atoms with Crippen molar-refractivity contribution in [1.82, 2.24) is 29.2 Å².